The van der Waals surface area contributed by atoms with Gasteiger partial charge in [-0.05, 0) is 19.3 Å². The van der Waals surface area contributed by atoms with Crippen molar-refractivity contribution >= 4 is 15.9 Å². The zero-order chi connectivity index (χ0) is 9.52. The Morgan fingerprint density at radius 2 is 2.08 bits per heavy atom. The van der Waals surface area contributed by atoms with Gasteiger partial charge in [0.25, 0.3) is 0 Å². The van der Waals surface area contributed by atoms with Gasteiger partial charge in [0.2, 0.25) is 5.28 Å². The fourth-order valence-electron chi connectivity index (χ4n) is 1.22. The van der Waals surface area contributed by atoms with Gasteiger partial charge in [0.05, 0.1) is 18.1 Å². The Kier molecular flexibility index (Phi) is 4.88. The second kappa shape index (κ2) is 6.01. The first-order chi connectivity index (χ1) is 6.34. The van der Waals surface area contributed by atoms with Crippen LogP contribution in [0.25, 0.3) is 0 Å². The lowest BCUT2D eigenvalue weighted by molar-refractivity contribution is -0.712. The molecule has 1 aliphatic heterocycles. The molecule has 0 unspecified atom stereocenters. The van der Waals surface area contributed by atoms with Gasteiger partial charge >= 0.3 is 0 Å². The van der Waals surface area contributed by atoms with E-state index in [-0.39, 0.29) is 0 Å². The molecule has 1 rings (SSSR count). The Morgan fingerprint density at radius 1 is 1.38 bits per heavy atom. The second-order valence-corrected chi connectivity index (χ2v) is 3.66. The molecule has 0 aromatic heterocycles. The van der Waals surface area contributed by atoms with E-state index >= 15 is 0 Å². The van der Waals surface area contributed by atoms with Crippen molar-refractivity contribution < 1.29 is 9.81 Å². The van der Waals surface area contributed by atoms with Crippen molar-refractivity contribution in [1.82, 2.24) is 5.01 Å². The molecule has 0 saturated carbocycles. The molecule has 13 heavy (non-hydrogen) atoms. The number of rotatable bonds is 4. The van der Waals surface area contributed by atoms with Crippen molar-refractivity contribution in [1.29, 1.82) is 0 Å². The Labute approximate surface area is 86.0 Å². The summed E-state index contributed by atoms with van der Waals surface area (Å²) < 4.78 is 0. The lowest BCUT2D eigenvalue weighted by Crippen LogP contribution is -2.35. The van der Waals surface area contributed by atoms with Gasteiger partial charge in [-0.1, -0.05) is 15.9 Å². The van der Waals surface area contributed by atoms with Crippen LogP contribution in [0, 0.1) is 5.21 Å². The monoisotopic (exact) mass is 251 g/mol. The summed E-state index contributed by atoms with van der Waals surface area (Å²) in [5.41, 5.74) is 0. The maximum Gasteiger partial charge on any atom is 0.233 e. The van der Waals surface area contributed by atoms with Gasteiger partial charge in [-0.3, -0.25) is 0 Å². The molecular weight excluding hydrogens is 238 g/mol. The van der Waals surface area contributed by atoms with Crippen LogP contribution >= 0.6 is 15.9 Å². The van der Waals surface area contributed by atoms with Crippen LogP contribution in [0.15, 0.2) is 5.28 Å². The maximum atomic E-state index is 11.2. The molecule has 76 valence electrons. The topological polar surface area (TPSA) is 50.9 Å². The first kappa shape index (κ1) is 10.6. The molecule has 1 fully saturated rings. The van der Waals surface area contributed by atoms with Crippen LogP contribution in [0.2, 0.25) is 0 Å². The van der Waals surface area contributed by atoms with Crippen LogP contribution < -0.4 is 0 Å². The van der Waals surface area contributed by atoms with Crippen molar-refractivity contribution in [3.05, 3.63) is 5.21 Å². The average molecular weight is 252 g/mol. The number of hydrazine groups is 1. The third kappa shape index (κ3) is 3.80. The van der Waals surface area contributed by atoms with E-state index in [2.05, 4.69) is 21.2 Å². The minimum atomic E-state index is 0.423. The smallest absolute Gasteiger partial charge is 0.233 e. The molecule has 0 atom stereocenters. The summed E-state index contributed by atoms with van der Waals surface area (Å²) in [5.74, 6) is 0. The molecule has 1 aliphatic rings. The predicted octanol–water partition coefficient (Wildman–Crippen LogP) is 1.68. The van der Waals surface area contributed by atoms with Crippen LogP contribution in [0.3, 0.4) is 0 Å². The van der Waals surface area contributed by atoms with E-state index in [1.54, 1.807) is 5.01 Å². The molecule has 0 aromatic rings. The normalized spacial score (nSPS) is 18.8. The Bertz CT molecular complexity index is 171. The number of halogens is 1. The number of hydrogen-bond acceptors (Lipinski definition) is 3. The van der Waals surface area contributed by atoms with Gasteiger partial charge < -0.3 is 10.0 Å². The van der Waals surface area contributed by atoms with Crippen molar-refractivity contribution in [2.24, 2.45) is 5.28 Å². The molecule has 0 spiro atoms. The highest BCUT2D eigenvalue weighted by Gasteiger charge is 2.16. The van der Waals surface area contributed by atoms with Gasteiger partial charge in [-0.25, -0.2) is 0 Å². The van der Waals surface area contributed by atoms with Crippen LogP contribution in [0.1, 0.15) is 19.3 Å². The largest absolute Gasteiger partial charge is 0.569 e. The van der Waals surface area contributed by atoms with Crippen molar-refractivity contribution in [2.45, 2.75) is 19.3 Å². The van der Waals surface area contributed by atoms with E-state index in [0.29, 0.717) is 16.9 Å². The number of alkyl halides is 1. The van der Waals surface area contributed by atoms with Crippen LogP contribution in [-0.4, -0.2) is 35.0 Å². The molecular formula is C7H14BrN3O2. The van der Waals surface area contributed by atoms with Crippen molar-refractivity contribution in [3.63, 3.8) is 0 Å². The van der Waals surface area contributed by atoms with E-state index in [1.165, 1.54) is 6.42 Å². The summed E-state index contributed by atoms with van der Waals surface area (Å²) in [7, 11) is 0. The summed E-state index contributed by atoms with van der Waals surface area (Å²) in [4.78, 5) is 5.31. The summed E-state index contributed by atoms with van der Waals surface area (Å²) in [6, 6.07) is 0. The van der Waals surface area contributed by atoms with E-state index < -0.39 is 0 Å². The van der Waals surface area contributed by atoms with Gasteiger partial charge in [0.15, 0.2) is 0 Å². The first-order valence-electron chi connectivity index (χ1n) is 4.45. The number of piperidine rings is 1. The van der Waals surface area contributed by atoms with Crippen molar-refractivity contribution in [3.8, 4) is 0 Å². The minimum Gasteiger partial charge on any atom is -0.569 e. The standard InChI is InChI=1S/C7H14BrN3O2/c8-4-7-13-9-11(12)10-5-2-1-3-6-10/h1-7H2/b11-9-. The lowest BCUT2D eigenvalue weighted by Gasteiger charge is -2.21. The Morgan fingerprint density at radius 3 is 2.69 bits per heavy atom. The summed E-state index contributed by atoms with van der Waals surface area (Å²) >= 11 is 3.18. The zero-order valence-corrected chi connectivity index (χ0v) is 9.07. The van der Waals surface area contributed by atoms with E-state index in [4.69, 9.17) is 4.84 Å². The fraction of sp³-hybridized carbons (Fsp3) is 1.00. The van der Waals surface area contributed by atoms with Gasteiger partial charge in [-0.2, -0.15) is 0 Å². The molecule has 0 amide bonds. The average Bonchev–Trinajstić information content (AvgIpc) is 2.19. The summed E-state index contributed by atoms with van der Waals surface area (Å²) in [6.45, 7) is 1.99. The van der Waals surface area contributed by atoms with E-state index in [1.807, 2.05) is 0 Å². The highest BCUT2D eigenvalue weighted by molar-refractivity contribution is 9.09. The molecule has 1 saturated heterocycles. The van der Waals surface area contributed by atoms with E-state index in [0.717, 1.165) is 25.9 Å². The minimum absolute atomic E-state index is 0.423. The highest BCUT2D eigenvalue weighted by atomic mass is 79.9. The SMILES string of the molecule is [O-]/[N+](=N\OCCBr)N1CCCCC1. The fourth-order valence-corrected chi connectivity index (χ4v) is 1.37. The molecule has 0 bridgehead atoms. The lowest BCUT2D eigenvalue weighted by atomic mass is 10.2. The molecule has 0 radical (unpaired) electrons. The second-order valence-electron chi connectivity index (χ2n) is 2.87. The molecule has 0 N–H and O–H groups in total. The molecule has 5 nitrogen and oxygen atoms in total. The number of nitrogens with zero attached hydrogens (tertiary/aromatic N) is 3. The van der Waals surface area contributed by atoms with Crippen LogP contribution in [-0.2, 0) is 4.84 Å². The molecule has 1 heterocycles. The molecule has 0 aromatic carbocycles. The van der Waals surface area contributed by atoms with Gasteiger partial charge in [0.1, 0.15) is 6.61 Å². The first-order valence-corrected chi connectivity index (χ1v) is 5.58. The van der Waals surface area contributed by atoms with E-state index in [9.17, 15) is 5.21 Å². The maximum absolute atomic E-state index is 11.2. The Balaban J connectivity index is 2.27. The quantitative estimate of drug-likeness (QED) is 0.251. The third-order valence-corrected chi connectivity index (χ3v) is 2.19. The van der Waals surface area contributed by atoms with Gasteiger partial charge in [0, 0.05) is 5.33 Å². The van der Waals surface area contributed by atoms with Gasteiger partial charge in [-0.15, -0.1) is 5.01 Å². The third-order valence-electron chi connectivity index (χ3n) is 1.87. The van der Waals surface area contributed by atoms with Crippen LogP contribution in [0.5, 0.6) is 0 Å². The van der Waals surface area contributed by atoms with Crippen LogP contribution in [0.4, 0.5) is 0 Å². The van der Waals surface area contributed by atoms with Crippen molar-refractivity contribution in [2.75, 3.05) is 25.0 Å². The highest BCUT2D eigenvalue weighted by Crippen LogP contribution is 2.08. The predicted molar refractivity (Wildman–Crippen MR) is 51.2 cm³/mol. The number of hydrogen-bond donors (Lipinski definition) is 0. The summed E-state index contributed by atoms with van der Waals surface area (Å²) in [6.07, 6.45) is 3.33. The Hall–Kier alpha value is -0.520. The summed E-state index contributed by atoms with van der Waals surface area (Å²) in [5, 5.41) is 17.0. The molecule has 6 heteroatoms. The zero-order valence-electron chi connectivity index (χ0n) is 7.49. The molecule has 0 aliphatic carbocycles.